The van der Waals surface area contributed by atoms with Crippen molar-refractivity contribution in [1.82, 2.24) is 4.31 Å². The molecule has 0 aromatic heterocycles. The molecule has 0 saturated heterocycles. The lowest BCUT2D eigenvalue weighted by Gasteiger charge is -2.24. The van der Waals surface area contributed by atoms with E-state index in [0.717, 1.165) is 38.4 Å². The summed E-state index contributed by atoms with van der Waals surface area (Å²) in [6.45, 7) is 1.93. The number of hydrogen-bond acceptors (Lipinski definition) is 8. The zero-order chi connectivity index (χ0) is 31.7. The van der Waals surface area contributed by atoms with Gasteiger partial charge in [-0.3, -0.25) is 4.79 Å². The number of halogens is 3. The maximum absolute atomic E-state index is 13.1. The van der Waals surface area contributed by atoms with E-state index in [2.05, 4.69) is 16.5 Å². The van der Waals surface area contributed by atoms with Gasteiger partial charge in [0.1, 0.15) is 6.04 Å². The van der Waals surface area contributed by atoms with Crippen molar-refractivity contribution in [3.05, 3.63) is 89.0 Å². The minimum atomic E-state index is -5.08. The van der Waals surface area contributed by atoms with Gasteiger partial charge in [-0.2, -0.15) is 23.5 Å². The average molecular weight is 604 g/mol. The molecule has 0 heterocycles. The summed E-state index contributed by atoms with van der Waals surface area (Å²) in [5, 5.41) is 23.3. The minimum Gasteiger partial charge on any atom is -0.475 e. The van der Waals surface area contributed by atoms with E-state index in [1.54, 1.807) is 12.1 Å². The van der Waals surface area contributed by atoms with Crippen molar-refractivity contribution in [3.8, 4) is 17.2 Å². The maximum Gasteiger partial charge on any atom is 0.490 e. The Balaban J connectivity index is 0.000000782. The normalized spacial score (nSPS) is 12.0. The molecule has 14 heteroatoms. The minimum absolute atomic E-state index is 0.239. The quantitative estimate of drug-likeness (QED) is 0.198. The standard InChI is InChI=1S/C26H27N5O3S.C2HF3O2/c1-18-7-12-24(22(13-18)16-27)21-8-10-23(11-9-21)30-25(26(32)31(2)35(3,33)34)15-19-5-4-6-20(14-19)17-29-28;3-2(4,5)1(6)7/h4-14,17,25,30H,15,28H2,1-3H3;(H,6,7)/t25-;/m0./s1. The Morgan fingerprint density at radius 2 is 1.76 bits per heavy atom. The van der Waals surface area contributed by atoms with Gasteiger partial charge in [0.05, 0.1) is 24.1 Å². The summed E-state index contributed by atoms with van der Waals surface area (Å²) in [7, 11) is -2.48. The number of nitrogens with two attached hydrogens (primary N) is 1. The number of aryl methyl sites for hydroxylation is 1. The number of benzene rings is 3. The molecule has 10 nitrogen and oxygen atoms in total. The van der Waals surface area contributed by atoms with Gasteiger partial charge in [0.15, 0.2) is 0 Å². The third-order valence-corrected chi connectivity index (χ3v) is 6.97. The van der Waals surface area contributed by atoms with Gasteiger partial charge in [0.25, 0.3) is 5.91 Å². The molecule has 3 aromatic rings. The molecule has 0 spiro atoms. The van der Waals surface area contributed by atoms with Crippen LogP contribution in [0.4, 0.5) is 18.9 Å². The van der Waals surface area contributed by atoms with Crippen LogP contribution < -0.4 is 11.2 Å². The van der Waals surface area contributed by atoms with Gasteiger partial charge in [-0.05, 0) is 52.9 Å². The first-order valence-corrected chi connectivity index (χ1v) is 13.9. The van der Waals surface area contributed by atoms with Crippen LogP contribution in [0.5, 0.6) is 0 Å². The van der Waals surface area contributed by atoms with E-state index in [4.69, 9.17) is 15.7 Å². The number of sulfonamides is 1. The monoisotopic (exact) mass is 603 g/mol. The Bertz CT molecular complexity index is 1600. The second-order valence-corrected chi connectivity index (χ2v) is 11.0. The number of likely N-dealkylation sites (N-methyl/N-ethyl adjacent to an activating group) is 1. The summed E-state index contributed by atoms with van der Waals surface area (Å²) in [4.78, 5) is 22.0. The van der Waals surface area contributed by atoms with Crippen LogP contribution in [-0.2, 0) is 26.0 Å². The number of alkyl halides is 3. The van der Waals surface area contributed by atoms with Crippen molar-refractivity contribution in [2.75, 3.05) is 18.6 Å². The number of aliphatic carboxylic acids is 1. The third-order valence-electron chi connectivity index (χ3n) is 5.80. The van der Waals surface area contributed by atoms with Crippen LogP contribution in [0.15, 0.2) is 71.8 Å². The third kappa shape index (κ3) is 9.63. The van der Waals surface area contributed by atoms with Crippen molar-refractivity contribution in [3.63, 3.8) is 0 Å². The number of nitrogens with zero attached hydrogens (tertiary/aromatic N) is 3. The Kier molecular flexibility index (Phi) is 11.2. The van der Waals surface area contributed by atoms with Gasteiger partial charge in [-0.1, -0.05) is 48.5 Å². The molecule has 0 unspecified atom stereocenters. The van der Waals surface area contributed by atoms with Crippen LogP contribution in [0.2, 0.25) is 0 Å². The molecule has 1 atom stereocenters. The summed E-state index contributed by atoms with van der Waals surface area (Å²) < 4.78 is 56.5. The number of anilines is 1. The van der Waals surface area contributed by atoms with Gasteiger partial charge in [0.2, 0.25) is 10.0 Å². The van der Waals surface area contributed by atoms with Crippen LogP contribution in [0.1, 0.15) is 22.3 Å². The molecular formula is C28H28F3N5O5S. The van der Waals surface area contributed by atoms with E-state index in [0.29, 0.717) is 11.3 Å². The second-order valence-electron chi connectivity index (χ2n) is 9.03. The van der Waals surface area contributed by atoms with Crippen LogP contribution in [-0.4, -0.2) is 61.4 Å². The number of rotatable bonds is 8. The van der Waals surface area contributed by atoms with Gasteiger partial charge in [0, 0.05) is 19.2 Å². The summed E-state index contributed by atoms with van der Waals surface area (Å²) in [6.07, 6.45) is -2.36. The number of nitriles is 1. The smallest absolute Gasteiger partial charge is 0.475 e. The van der Waals surface area contributed by atoms with Gasteiger partial charge < -0.3 is 16.3 Å². The molecule has 0 aliphatic carbocycles. The fourth-order valence-corrected chi connectivity index (χ4v) is 4.11. The SMILES string of the molecule is Cc1ccc(-c2ccc(N[C@@H](Cc3cccc(C=NN)c3)C(=O)N(C)S(C)(=O)=O)cc2)c(C#N)c1.O=C(O)C(F)(F)F. The molecule has 0 bridgehead atoms. The number of nitrogens with one attached hydrogen (secondary N) is 1. The Labute approximate surface area is 240 Å². The van der Waals surface area contributed by atoms with Crippen LogP contribution in [0.25, 0.3) is 11.1 Å². The summed E-state index contributed by atoms with van der Waals surface area (Å²) >= 11 is 0. The first kappa shape index (κ1) is 33.3. The molecule has 0 aliphatic rings. The fraction of sp³-hybridized carbons (Fsp3) is 0.214. The van der Waals surface area contributed by atoms with E-state index in [1.165, 1.54) is 13.3 Å². The topological polar surface area (TPSA) is 166 Å². The summed E-state index contributed by atoms with van der Waals surface area (Å²) in [5.41, 5.74) is 5.47. The zero-order valence-electron chi connectivity index (χ0n) is 22.8. The number of hydrogen-bond donors (Lipinski definition) is 3. The lowest BCUT2D eigenvalue weighted by Crippen LogP contribution is -2.44. The molecule has 3 aromatic carbocycles. The Morgan fingerprint density at radius 1 is 1.14 bits per heavy atom. The number of carbonyl (C=O) groups is 2. The average Bonchev–Trinajstić information content (AvgIpc) is 2.92. The van der Waals surface area contributed by atoms with Crippen molar-refractivity contribution < 1.29 is 36.3 Å². The lowest BCUT2D eigenvalue weighted by molar-refractivity contribution is -0.192. The van der Waals surface area contributed by atoms with Crippen molar-refractivity contribution in [2.24, 2.45) is 10.9 Å². The molecule has 1 amide bonds. The zero-order valence-corrected chi connectivity index (χ0v) is 23.6. The molecule has 0 saturated carbocycles. The van der Waals surface area contributed by atoms with E-state index in [-0.39, 0.29) is 6.42 Å². The van der Waals surface area contributed by atoms with Crippen molar-refractivity contribution >= 4 is 33.8 Å². The summed E-state index contributed by atoms with van der Waals surface area (Å²) in [6, 6.07) is 21.7. The number of carboxylic acids is 1. The molecule has 0 aliphatic heterocycles. The largest absolute Gasteiger partial charge is 0.490 e. The van der Waals surface area contributed by atoms with Crippen LogP contribution in [0.3, 0.4) is 0 Å². The predicted octanol–water partition coefficient (Wildman–Crippen LogP) is 3.90. The Hall–Kier alpha value is -4.90. The Morgan fingerprint density at radius 3 is 2.29 bits per heavy atom. The molecular weight excluding hydrogens is 575 g/mol. The van der Waals surface area contributed by atoms with E-state index < -0.39 is 34.1 Å². The predicted molar refractivity (Wildman–Crippen MR) is 152 cm³/mol. The van der Waals surface area contributed by atoms with E-state index in [9.17, 15) is 31.6 Å². The summed E-state index contributed by atoms with van der Waals surface area (Å²) in [5.74, 6) is 1.90. The van der Waals surface area contributed by atoms with E-state index in [1.807, 2.05) is 61.5 Å². The molecule has 3 rings (SSSR count). The molecule has 0 fully saturated rings. The highest BCUT2D eigenvalue weighted by atomic mass is 32.2. The number of carboxylic acid groups (broad SMARTS) is 1. The van der Waals surface area contributed by atoms with Crippen LogP contribution in [0, 0.1) is 18.3 Å². The number of carbonyl (C=O) groups excluding carboxylic acids is 1. The van der Waals surface area contributed by atoms with Crippen molar-refractivity contribution in [2.45, 2.75) is 25.6 Å². The first-order chi connectivity index (χ1) is 19.6. The molecule has 4 N–H and O–H groups in total. The van der Waals surface area contributed by atoms with Crippen LogP contribution >= 0.6 is 0 Å². The molecule has 0 radical (unpaired) electrons. The second kappa shape index (κ2) is 14.1. The number of hydrazone groups is 1. The molecule has 42 heavy (non-hydrogen) atoms. The van der Waals surface area contributed by atoms with E-state index >= 15 is 0 Å². The maximum atomic E-state index is 13.1. The van der Waals surface area contributed by atoms with Crippen molar-refractivity contribution in [1.29, 1.82) is 5.26 Å². The molecule has 222 valence electrons. The number of amides is 1. The first-order valence-electron chi connectivity index (χ1n) is 12.0. The van der Waals surface area contributed by atoms with Gasteiger partial charge in [-0.15, -0.1) is 0 Å². The lowest BCUT2D eigenvalue weighted by atomic mass is 9.98. The highest BCUT2D eigenvalue weighted by Crippen LogP contribution is 2.26. The van der Waals surface area contributed by atoms with Gasteiger partial charge in [-0.25, -0.2) is 17.5 Å². The highest BCUT2D eigenvalue weighted by Gasteiger charge is 2.38. The van der Waals surface area contributed by atoms with Gasteiger partial charge >= 0.3 is 12.1 Å². The fourth-order valence-electron chi connectivity index (χ4n) is 3.65. The highest BCUT2D eigenvalue weighted by molar-refractivity contribution is 7.88.